The second kappa shape index (κ2) is 7.11. The zero-order valence-corrected chi connectivity index (χ0v) is 11.8. The molecule has 4 heteroatoms. The summed E-state index contributed by atoms with van der Waals surface area (Å²) in [4.78, 5) is 2.28. The number of ether oxygens (including phenoxy) is 2. The summed E-state index contributed by atoms with van der Waals surface area (Å²) in [5.41, 5.74) is 7.88. The van der Waals surface area contributed by atoms with Crippen molar-refractivity contribution in [1.29, 1.82) is 0 Å². The number of anilines is 2. The van der Waals surface area contributed by atoms with Crippen molar-refractivity contribution in [2.75, 3.05) is 38.0 Å². The number of nitrogen functional groups attached to an aromatic ring is 1. The van der Waals surface area contributed by atoms with Gasteiger partial charge in [-0.25, -0.2) is 0 Å². The summed E-state index contributed by atoms with van der Waals surface area (Å²) in [7, 11) is 3.36. The van der Waals surface area contributed by atoms with Crippen LogP contribution in [0.3, 0.4) is 0 Å². The molecule has 1 aromatic carbocycles. The third-order valence-corrected chi connectivity index (χ3v) is 3.20. The number of methoxy groups -OCH3 is 2. The van der Waals surface area contributed by atoms with Gasteiger partial charge >= 0.3 is 0 Å². The van der Waals surface area contributed by atoms with Gasteiger partial charge < -0.3 is 20.1 Å². The fourth-order valence-electron chi connectivity index (χ4n) is 1.91. The van der Waals surface area contributed by atoms with E-state index in [1.54, 1.807) is 14.2 Å². The van der Waals surface area contributed by atoms with Crippen LogP contribution in [0.25, 0.3) is 0 Å². The van der Waals surface area contributed by atoms with Crippen LogP contribution in [0.1, 0.15) is 20.3 Å². The van der Waals surface area contributed by atoms with Crippen LogP contribution in [0.4, 0.5) is 11.4 Å². The SMILES string of the molecule is CCC(C)N(CCOC)c1ccc(OC)cc1N. The van der Waals surface area contributed by atoms with Gasteiger partial charge in [0.25, 0.3) is 0 Å². The standard InChI is InChI=1S/C14H24N2O2/c1-5-11(2)16(8-9-17-3)14-7-6-12(18-4)10-13(14)15/h6-7,10-11H,5,8-9,15H2,1-4H3. The number of hydrogen-bond acceptors (Lipinski definition) is 4. The van der Waals surface area contributed by atoms with Crippen LogP contribution < -0.4 is 15.4 Å². The molecule has 1 aromatic rings. The smallest absolute Gasteiger partial charge is 0.121 e. The van der Waals surface area contributed by atoms with E-state index in [1.165, 1.54) is 0 Å². The summed E-state index contributed by atoms with van der Waals surface area (Å²) >= 11 is 0. The maximum Gasteiger partial charge on any atom is 0.121 e. The molecule has 0 heterocycles. The van der Waals surface area contributed by atoms with Gasteiger partial charge in [0, 0.05) is 25.8 Å². The van der Waals surface area contributed by atoms with Gasteiger partial charge in [-0.1, -0.05) is 6.92 Å². The van der Waals surface area contributed by atoms with Crippen molar-refractivity contribution < 1.29 is 9.47 Å². The molecule has 4 nitrogen and oxygen atoms in total. The van der Waals surface area contributed by atoms with Crippen molar-refractivity contribution >= 4 is 11.4 Å². The molecule has 0 fully saturated rings. The van der Waals surface area contributed by atoms with Crippen molar-refractivity contribution in [3.8, 4) is 5.75 Å². The topological polar surface area (TPSA) is 47.7 Å². The zero-order chi connectivity index (χ0) is 13.5. The zero-order valence-electron chi connectivity index (χ0n) is 11.8. The quantitative estimate of drug-likeness (QED) is 0.758. The van der Waals surface area contributed by atoms with Gasteiger partial charge in [0.05, 0.1) is 25.1 Å². The van der Waals surface area contributed by atoms with Crippen LogP contribution >= 0.6 is 0 Å². The molecule has 0 radical (unpaired) electrons. The molecular weight excluding hydrogens is 228 g/mol. The summed E-state index contributed by atoms with van der Waals surface area (Å²) in [6, 6.07) is 6.23. The molecular formula is C14H24N2O2. The summed E-state index contributed by atoms with van der Waals surface area (Å²) < 4.78 is 10.3. The van der Waals surface area contributed by atoms with E-state index >= 15 is 0 Å². The predicted molar refractivity (Wildman–Crippen MR) is 76.4 cm³/mol. The van der Waals surface area contributed by atoms with Crippen LogP contribution in [-0.2, 0) is 4.74 Å². The summed E-state index contributed by atoms with van der Waals surface area (Å²) in [5.74, 6) is 0.784. The molecule has 2 N–H and O–H groups in total. The molecule has 0 saturated carbocycles. The van der Waals surface area contributed by atoms with E-state index in [4.69, 9.17) is 15.2 Å². The maximum atomic E-state index is 6.10. The van der Waals surface area contributed by atoms with E-state index in [0.29, 0.717) is 12.6 Å². The Balaban J connectivity index is 2.96. The Bertz CT molecular complexity index is 369. The number of nitrogens with two attached hydrogens (primary N) is 1. The van der Waals surface area contributed by atoms with Crippen molar-refractivity contribution in [2.24, 2.45) is 0 Å². The van der Waals surface area contributed by atoms with Crippen LogP contribution in [0.2, 0.25) is 0 Å². The maximum absolute atomic E-state index is 6.10. The number of rotatable bonds is 7. The first kappa shape index (κ1) is 14.6. The minimum Gasteiger partial charge on any atom is -0.497 e. The fraction of sp³-hybridized carbons (Fsp3) is 0.571. The van der Waals surface area contributed by atoms with Gasteiger partial charge in [0.15, 0.2) is 0 Å². The van der Waals surface area contributed by atoms with Crippen LogP contribution in [-0.4, -0.2) is 33.4 Å². The van der Waals surface area contributed by atoms with Crippen LogP contribution in [0.15, 0.2) is 18.2 Å². The van der Waals surface area contributed by atoms with Crippen molar-refractivity contribution in [2.45, 2.75) is 26.3 Å². The Morgan fingerprint density at radius 2 is 2.06 bits per heavy atom. The molecule has 0 bridgehead atoms. The average Bonchev–Trinajstić information content (AvgIpc) is 2.39. The Kier molecular flexibility index (Phi) is 5.78. The van der Waals surface area contributed by atoms with E-state index < -0.39 is 0 Å². The van der Waals surface area contributed by atoms with E-state index in [9.17, 15) is 0 Å². The molecule has 0 aliphatic rings. The Hall–Kier alpha value is -1.42. The number of benzene rings is 1. The Morgan fingerprint density at radius 3 is 2.56 bits per heavy atom. The molecule has 18 heavy (non-hydrogen) atoms. The molecule has 0 aromatic heterocycles. The molecule has 0 spiro atoms. The highest BCUT2D eigenvalue weighted by Gasteiger charge is 2.15. The third-order valence-electron chi connectivity index (χ3n) is 3.20. The largest absolute Gasteiger partial charge is 0.497 e. The molecule has 0 aliphatic heterocycles. The van der Waals surface area contributed by atoms with Gasteiger partial charge in [0.2, 0.25) is 0 Å². The van der Waals surface area contributed by atoms with Gasteiger partial charge in [0.1, 0.15) is 5.75 Å². The van der Waals surface area contributed by atoms with E-state index in [0.717, 1.165) is 30.1 Å². The van der Waals surface area contributed by atoms with Crippen molar-refractivity contribution in [3.63, 3.8) is 0 Å². The van der Waals surface area contributed by atoms with E-state index in [-0.39, 0.29) is 0 Å². The third kappa shape index (κ3) is 3.53. The molecule has 0 amide bonds. The monoisotopic (exact) mass is 252 g/mol. The Morgan fingerprint density at radius 1 is 1.33 bits per heavy atom. The van der Waals surface area contributed by atoms with Gasteiger partial charge in [-0.3, -0.25) is 0 Å². The predicted octanol–water partition coefficient (Wildman–Crippen LogP) is 2.53. The molecule has 1 atom stereocenters. The molecule has 102 valence electrons. The fourth-order valence-corrected chi connectivity index (χ4v) is 1.91. The number of nitrogens with zero attached hydrogens (tertiary/aromatic N) is 1. The van der Waals surface area contributed by atoms with Crippen LogP contribution in [0, 0.1) is 0 Å². The first-order chi connectivity index (χ1) is 8.63. The molecule has 0 aliphatic carbocycles. The summed E-state index contributed by atoms with van der Waals surface area (Å²) in [6.45, 7) is 5.89. The molecule has 0 saturated heterocycles. The van der Waals surface area contributed by atoms with Gasteiger partial charge in [-0.2, -0.15) is 0 Å². The molecule has 1 rings (SSSR count). The van der Waals surface area contributed by atoms with Gasteiger partial charge in [-0.05, 0) is 25.5 Å². The van der Waals surface area contributed by atoms with E-state index in [1.807, 2.05) is 18.2 Å². The van der Waals surface area contributed by atoms with Gasteiger partial charge in [-0.15, -0.1) is 0 Å². The van der Waals surface area contributed by atoms with Crippen molar-refractivity contribution in [1.82, 2.24) is 0 Å². The minimum atomic E-state index is 0.427. The second-order valence-electron chi connectivity index (χ2n) is 4.37. The second-order valence-corrected chi connectivity index (χ2v) is 4.37. The summed E-state index contributed by atoms with van der Waals surface area (Å²) in [6.07, 6.45) is 1.06. The van der Waals surface area contributed by atoms with E-state index in [2.05, 4.69) is 18.7 Å². The lowest BCUT2D eigenvalue weighted by Crippen LogP contribution is -2.35. The lowest BCUT2D eigenvalue weighted by atomic mass is 10.1. The average molecular weight is 252 g/mol. The molecule has 1 unspecified atom stereocenters. The Labute approximate surface area is 110 Å². The van der Waals surface area contributed by atoms with Crippen LogP contribution in [0.5, 0.6) is 5.75 Å². The highest BCUT2D eigenvalue weighted by molar-refractivity contribution is 5.70. The first-order valence-electron chi connectivity index (χ1n) is 6.33. The lowest BCUT2D eigenvalue weighted by Gasteiger charge is -2.31. The van der Waals surface area contributed by atoms with Crippen molar-refractivity contribution in [3.05, 3.63) is 18.2 Å². The highest BCUT2D eigenvalue weighted by Crippen LogP contribution is 2.29. The lowest BCUT2D eigenvalue weighted by molar-refractivity contribution is 0.203. The minimum absolute atomic E-state index is 0.427. The highest BCUT2D eigenvalue weighted by atomic mass is 16.5. The normalized spacial score (nSPS) is 12.2. The summed E-state index contributed by atoms with van der Waals surface area (Å²) in [5, 5.41) is 0. The number of hydrogen-bond donors (Lipinski definition) is 1. The first-order valence-corrected chi connectivity index (χ1v) is 6.33.